The summed E-state index contributed by atoms with van der Waals surface area (Å²) in [6.07, 6.45) is 5.64. The molecule has 1 aliphatic heterocycles. The highest BCUT2D eigenvalue weighted by Gasteiger charge is 2.06. The van der Waals surface area contributed by atoms with Crippen LogP contribution in [0.5, 0.6) is 0 Å². The van der Waals surface area contributed by atoms with Crippen LogP contribution in [0.2, 0.25) is 0 Å². The van der Waals surface area contributed by atoms with Crippen molar-refractivity contribution in [3.05, 3.63) is 54.4 Å². The van der Waals surface area contributed by atoms with Gasteiger partial charge in [0.2, 0.25) is 0 Å². The molecular formula is C12H13ClN2S. The average molecular weight is 253 g/mol. The van der Waals surface area contributed by atoms with Crippen molar-refractivity contribution < 1.29 is 17.7 Å². The van der Waals surface area contributed by atoms with E-state index >= 15 is 0 Å². The van der Waals surface area contributed by atoms with Crippen LogP contribution in [0.4, 0.5) is 0 Å². The zero-order valence-electron chi connectivity index (χ0n) is 8.77. The monoisotopic (exact) mass is 252 g/mol. The van der Waals surface area contributed by atoms with Gasteiger partial charge in [-0.3, -0.25) is 5.32 Å². The van der Waals surface area contributed by atoms with Crippen molar-refractivity contribution >= 4 is 23.0 Å². The van der Waals surface area contributed by atoms with Gasteiger partial charge in [-0.2, -0.15) is 4.99 Å². The highest BCUT2D eigenvalue weighted by Crippen LogP contribution is 2.13. The van der Waals surface area contributed by atoms with Gasteiger partial charge in [0.1, 0.15) is 6.20 Å². The van der Waals surface area contributed by atoms with Gasteiger partial charge in [0.05, 0.1) is 6.20 Å². The minimum absolute atomic E-state index is 0. The predicted octanol–water partition coefficient (Wildman–Crippen LogP) is -1.03. The smallest absolute Gasteiger partial charge is 0.265 e. The van der Waals surface area contributed by atoms with E-state index in [9.17, 15) is 0 Å². The standard InChI is InChI=1S/C12H12N2S.ClH/c1-2-10-3-5-11(6-4-10)9-15-12-13-7-8-14-12;/h2-8H,1,9H2,(H,13,14);1H. The van der Waals surface area contributed by atoms with E-state index in [0.717, 1.165) is 16.5 Å². The Morgan fingerprint density at radius 2 is 2.06 bits per heavy atom. The van der Waals surface area contributed by atoms with Crippen molar-refractivity contribution in [3.63, 3.8) is 0 Å². The second-order valence-corrected chi connectivity index (χ2v) is 4.21. The molecule has 1 aromatic rings. The van der Waals surface area contributed by atoms with Gasteiger partial charge in [0.25, 0.3) is 5.17 Å². The highest BCUT2D eigenvalue weighted by atomic mass is 35.5. The molecule has 0 spiro atoms. The molecule has 0 saturated heterocycles. The van der Waals surface area contributed by atoms with Crippen LogP contribution in [-0.4, -0.2) is 5.17 Å². The van der Waals surface area contributed by atoms with Gasteiger partial charge < -0.3 is 12.4 Å². The Morgan fingerprint density at radius 3 is 2.62 bits per heavy atom. The van der Waals surface area contributed by atoms with Crippen molar-refractivity contribution in [2.24, 2.45) is 4.99 Å². The first-order valence-corrected chi connectivity index (χ1v) is 5.79. The molecule has 0 aliphatic carbocycles. The highest BCUT2D eigenvalue weighted by molar-refractivity contribution is 8.12. The maximum absolute atomic E-state index is 4.21. The zero-order valence-corrected chi connectivity index (χ0v) is 10.3. The first-order valence-electron chi connectivity index (χ1n) is 4.80. The molecular weight excluding hydrogens is 240 g/mol. The molecule has 0 aromatic heterocycles. The number of thioether (sulfide) groups is 1. The van der Waals surface area contributed by atoms with Gasteiger partial charge in [-0.1, -0.05) is 36.9 Å². The van der Waals surface area contributed by atoms with E-state index in [4.69, 9.17) is 0 Å². The maximum Gasteiger partial charge on any atom is 0.265 e. The third-order valence-corrected chi connectivity index (χ3v) is 3.14. The Kier molecular flexibility index (Phi) is 5.32. The van der Waals surface area contributed by atoms with Crippen LogP contribution >= 0.6 is 11.8 Å². The second-order valence-electron chi connectivity index (χ2n) is 3.21. The molecule has 1 aromatic carbocycles. The fourth-order valence-electron chi connectivity index (χ4n) is 1.28. The van der Waals surface area contributed by atoms with Gasteiger partial charge >= 0.3 is 0 Å². The van der Waals surface area contributed by atoms with Crippen LogP contribution in [0.3, 0.4) is 0 Å². The number of hydrogen-bond donors (Lipinski definition) is 1. The van der Waals surface area contributed by atoms with Gasteiger partial charge in [-0.15, -0.1) is 0 Å². The van der Waals surface area contributed by atoms with E-state index in [1.54, 1.807) is 11.8 Å². The van der Waals surface area contributed by atoms with Gasteiger partial charge in [0, 0.05) is 5.75 Å². The van der Waals surface area contributed by atoms with E-state index in [0.29, 0.717) is 0 Å². The normalized spacial score (nSPS) is 13.1. The number of amidine groups is 1. The van der Waals surface area contributed by atoms with Crippen molar-refractivity contribution in [3.8, 4) is 0 Å². The number of benzene rings is 1. The van der Waals surface area contributed by atoms with Crippen LogP contribution in [0, 0.1) is 0 Å². The molecule has 84 valence electrons. The average Bonchev–Trinajstić information content (AvgIpc) is 2.80. The Bertz CT molecular complexity index is 410. The van der Waals surface area contributed by atoms with Gasteiger partial charge in [-0.05, 0) is 22.9 Å². The number of halogens is 1. The first kappa shape index (κ1) is 13.0. The largest absolute Gasteiger partial charge is 1.00 e. The van der Waals surface area contributed by atoms with Gasteiger partial charge in [-0.25, -0.2) is 0 Å². The molecule has 0 bridgehead atoms. The fourth-order valence-corrected chi connectivity index (χ4v) is 2.09. The van der Waals surface area contributed by atoms with Crippen LogP contribution in [0.1, 0.15) is 11.1 Å². The Labute approximate surface area is 106 Å². The van der Waals surface area contributed by atoms with E-state index < -0.39 is 0 Å². The topological polar surface area (TPSA) is 29.0 Å². The molecule has 4 heteroatoms. The Morgan fingerprint density at radius 1 is 1.31 bits per heavy atom. The molecule has 1 heterocycles. The minimum Gasteiger partial charge on any atom is -1.00 e. The Balaban J connectivity index is 0.00000128. The first-order chi connectivity index (χ1) is 7.38. The number of nitrogens with two attached hydrogens (primary N) is 1. The fraction of sp³-hybridized carbons (Fsp3) is 0.0833. The van der Waals surface area contributed by atoms with Crippen LogP contribution < -0.4 is 17.7 Å². The summed E-state index contributed by atoms with van der Waals surface area (Å²) in [5.41, 5.74) is 2.48. The van der Waals surface area contributed by atoms with Crippen LogP contribution in [-0.2, 0) is 5.75 Å². The Hall–Kier alpha value is -1.03. The summed E-state index contributed by atoms with van der Waals surface area (Å²) < 4.78 is 0. The lowest BCUT2D eigenvalue weighted by molar-refractivity contribution is -0.451. The maximum atomic E-state index is 4.21. The third-order valence-electron chi connectivity index (χ3n) is 2.13. The van der Waals surface area contributed by atoms with E-state index in [-0.39, 0.29) is 12.4 Å². The molecule has 0 radical (unpaired) electrons. The summed E-state index contributed by atoms with van der Waals surface area (Å²) in [7, 11) is 0. The van der Waals surface area contributed by atoms with Gasteiger partial charge in [0.15, 0.2) is 0 Å². The summed E-state index contributed by atoms with van der Waals surface area (Å²) in [6.45, 7) is 3.73. The third kappa shape index (κ3) is 3.52. The molecule has 2 N–H and O–H groups in total. The van der Waals surface area contributed by atoms with Crippen molar-refractivity contribution in [1.29, 1.82) is 0 Å². The minimum atomic E-state index is 0. The number of rotatable bonds is 3. The summed E-state index contributed by atoms with van der Waals surface area (Å²) in [6, 6.07) is 8.43. The molecule has 0 unspecified atom stereocenters. The van der Waals surface area contributed by atoms with E-state index in [2.05, 4.69) is 35.8 Å². The van der Waals surface area contributed by atoms with E-state index in [1.807, 2.05) is 23.8 Å². The molecule has 1 aliphatic rings. The number of hydrogen-bond acceptors (Lipinski definition) is 2. The van der Waals surface area contributed by atoms with Crippen molar-refractivity contribution in [2.45, 2.75) is 5.75 Å². The lowest BCUT2D eigenvalue weighted by atomic mass is 10.1. The molecule has 0 amide bonds. The number of aliphatic imine (C=N–C) groups is 1. The molecule has 16 heavy (non-hydrogen) atoms. The summed E-state index contributed by atoms with van der Waals surface area (Å²) in [4.78, 5) is 4.21. The lowest BCUT2D eigenvalue weighted by Crippen LogP contribution is -3.00. The molecule has 0 saturated carbocycles. The van der Waals surface area contributed by atoms with Crippen molar-refractivity contribution in [2.75, 3.05) is 0 Å². The molecule has 0 atom stereocenters. The summed E-state index contributed by atoms with van der Waals surface area (Å²) >= 11 is 1.76. The van der Waals surface area contributed by atoms with Crippen LogP contribution in [0.25, 0.3) is 6.08 Å². The van der Waals surface area contributed by atoms with E-state index in [1.165, 1.54) is 5.56 Å². The number of quaternary nitrogens is 1. The lowest BCUT2D eigenvalue weighted by Gasteiger charge is -1.99. The molecule has 2 rings (SSSR count). The number of nitrogens with zero attached hydrogens (tertiary/aromatic N) is 1. The SMILES string of the molecule is C=Cc1ccc(CSC2=NC=C[NH2+]2)cc1.[Cl-]. The molecule has 2 nitrogen and oxygen atoms in total. The summed E-state index contributed by atoms with van der Waals surface area (Å²) in [5, 5.41) is 3.12. The zero-order chi connectivity index (χ0) is 10.5. The molecule has 0 fully saturated rings. The van der Waals surface area contributed by atoms with Crippen LogP contribution in [0.15, 0.2) is 48.2 Å². The summed E-state index contributed by atoms with van der Waals surface area (Å²) in [5.74, 6) is 0.967. The van der Waals surface area contributed by atoms with Crippen molar-refractivity contribution in [1.82, 2.24) is 0 Å². The quantitative estimate of drug-likeness (QED) is 0.733. The predicted molar refractivity (Wildman–Crippen MR) is 66.3 cm³/mol. The second kappa shape index (κ2) is 6.53.